The number of nitrogens with zero attached hydrogens (tertiary/aromatic N) is 3. The summed E-state index contributed by atoms with van der Waals surface area (Å²) in [4.78, 5) is 44.4. The summed E-state index contributed by atoms with van der Waals surface area (Å²) in [5, 5.41) is 2.40. The van der Waals surface area contributed by atoms with Gasteiger partial charge in [0.1, 0.15) is 11.8 Å². The van der Waals surface area contributed by atoms with Gasteiger partial charge in [0, 0.05) is 17.0 Å². The highest BCUT2D eigenvalue weighted by molar-refractivity contribution is 6.30. The van der Waals surface area contributed by atoms with Crippen LogP contribution in [-0.2, 0) is 9.59 Å². The monoisotopic (exact) mass is 461 g/mol. The van der Waals surface area contributed by atoms with Gasteiger partial charge in [-0.1, -0.05) is 48.0 Å². The van der Waals surface area contributed by atoms with Crippen LogP contribution in [0.15, 0.2) is 66.7 Å². The van der Waals surface area contributed by atoms with Crippen LogP contribution in [0.2, 0.25) is 5.02 Å². The summed E-state index contributed by atoms with van der Waals surface area (Å²) in [5.74, 6) is 0.0777. The first-order chi connectivity index (χ1) is 16.0. The van der Waals surface area contributed by atoms with Gasteiger partial charge < -0.3 is 14.5 Å². The zero-order chi connectivity index (χ0) is 22.7. The molecule has 3 aliphatic rings. The second-order valence-corrected chi connectivity index (χ2v) is 8.99. The zero-order valence-corrected chi connectivity index (χ0v) is 18.3. The zero-order valence-electron chi connectivity index (χ0n) is 17.6. The third kappa shape index (κ3) is 3.07. The van der Waals surface area contributed by atoms with E-state index < -0.39 is 6.04 Å². The molecule has 3 fully saturated rings. The van der Waals surface area contributed by atoms with E-state index in [0.717, 1.165) is 10.8 Å². The maximum Gasteiger partial charge on any atom is 0.332 e. The summed E-state index contributed by atoms with van der Waals surface area (Å²) in [5.41, 5.74) is 0.584. The van der Waals surface area contributed by atoms with Crippen LogP contribution in [0.3, 0.4) is 0 Å². The van der Waals surface area contributed by atoms with Gasteiger partial charge in [-0.25, -0.2) is 9.69 Å². The number of carbonyl (C=O) groups is 3. The van der Waals surface area contributed by atoms with E-state index in [2.05, 4.69) is 0 Å². The van der Waals surface area contributed by atoms with Gasteiger partial charge in [-0.05, 0) is 42.1 Å². The van der Waals surface area contributed by atoms with Gasteiger partial charge in [0.2, 0.25) is 0 Å². The Labute approximate surface area is 195 Å². The summed E-state index contributed by atoms with van der Waals surface area (Å²) < 4.78 is 5.62. The molecule has 0 saturated carbocycles. The van der Waals surface area contributed by atoms with Crippen LogP contribution < -0.4 is 9.64 Å². The topological polar surface area (TPSA) is 70.2 Å². The van der Waals surface area contributed by atoms with E-state index in [1.807, 2.05) is 36.4 Å². The van der Waals surface area contributed by atoms with E-state index in [-0.39, 0.29) is 36.5 Å². The second-order valence-electron chi connectivity index (χ2n) is 8.55. The fraction of sp³-hybridized carbons (Fsp3) is 0.240. The van der Waals surface area contributed by atoms with E-state index in [0.29, 0.717) is 29.4 Å². The van der Waals surface area contributed by atoms with Gasteiger partial charge in [0.15, 0.2) is 6.61 Å². The van der Waals surface area contributed by atoms with Crippen molar-refractivity contribution in [1.29, 1.82) is 0 Å². The molecule has 0 N–H and O–H groups in total. The Morgan fingerprint density at radius 1 is 1.00 bits per heavy atom. The van der Waals surface area contributed by atoms with Crippen LogP contribution in [0.25, 0.3) is 10.8 Å². The fourth-order valence-corrected chi connectivity index (χ4v) is 5.45. The first-order valence-electron chi connectivity index (χ1n) is 10.8. The van der Waals surface area contributed by atoms with Crippen LogP contribution in [0, 0.1) is 0 Å². The summed E-state index contributed by atoms with van der Waals surface area (Å²) in [6.45, 7) is 0.277. The van der Waals surface area contributed by atoms with Gasteiger partial charge >= 0.3 is 6.03 Å². The number of urea groups is 1. The summed E-state index contributed by atoms with van der Waals surface area (Å²) in [6, 6.07) is 18.6. The lowest BCUT2D eigenvalue weighted by molar-refractivity contribution is -0.137. The minimum absolute atomic E-state index is 0.132. The molecule has 3 saturated heterocycles. The van der Waals surface area contributed by atoms with Crippen LogP contribution in [-0.4, -0.2) is 58.9 Å². The molecular formula is C25H20ClN3O4. The molecule has 3 atom stereocenters. The summed E-state index contributed by atoms with van der Waals surface area (Å²) >= 11 is 5.89. The number of ether oxygens (including phenoxy) is 1. The number of halogens is 1. The molecule has 166 valence electrons. The first-order valence-corrected chi connectivity index (χ1v) is 11.2. The third-order valence-corrected chi connectivity index (χ3v) is 7.02. The lowest BCUT2D eigenvalue weighted by Gasteiger charge is -2.34. The highest BCUT2D eigenvalue weighted by Crippen LogP contribution is 2.43. The normalized spacial score (nSPS) is 23.5. The quantitative estimate of drug-likeness (QED) is 0.556. The Morgan fingerprint density at radius 3 is 2.58 bits per heavy atom. The molecule has 0 radical (unpaired) electrons. The van der Waals surface area contributed by atoms with Gasteiger partial charge in [-0.2, -0.15) is 0 Å². The maximum absolute atomic E-state index is 13.5. The van der Waals surface area contributed by atoms with E-state index in [1.54, 1.807) is 40.1 Å². The molecule has 2 bridgehead atoms. The molecule has 3 aromatic rings. The molecule has 3 aromatic carbocycles. The number of imide groups is 1. The number of likely N-dealkylation sites (tertiary alicyclic amines) is 1. The number of fused-ring (bicyclic) bond motifs is 6. The maximum atomic E-state index is 13.5. The minimum Gasteiger partial charge on any atom is -0.484 e. The van der Waals surface area contributed by atoms with Gasteiger partial charge in [-0.3, -0.25) is 9.59 Å². The standard InChI is InChI=1S/C25H20ClN3O4/c26-16-8-10-18(11-9-16)33-14-22(30)27-13-17-12-21(27)23-24(31)29(25(32)28(17)23)20-7-3-5-15-4-1-2-6-19(15)20/h1-11,17,21,23H,12-14H2/t17-,21?,23+/m1/s1. The van der Waals surface area contributed by atoms with Gasteiger partial charge in [0.25, 0.3) is 11.8 Å². The van der Waals surface area contributed by atoms with E-state index >= 15 is 0 Å². The first kappa shape index (κ1) is 20.1. The van der Waals surface area contributed by atoms with Gasteiger partial charge in [0.05, 0.1) is 17.8 Å². The Morgan fingerprint density at radius 2 is 1.76 bits per heavy atom. The molecule has 0 aliphatic carbocycles. The molecule has 4 amide bonds. The van der Waals surface area contributed by atoms with Crippen molar-refractivity contribution in [3.8, 4) is 5.75 Å². The Bertz CT molecular complexity index is 1290. The Kier molecular flexibility index (Phi) is 4.55. The van der Waals surface area contributed by atoms with Crippen LogP contribution in [0.1, 0.15) is 6.42 Å². The number of anilines is 1. The van der Waals surface area contributed by atoms with Crippen molar-refractivity contribution in [3.05, 3.63) is 71.8 Å². The highest BCUT2D eigenvalue weighted by Gasteiger charge is 2.62. The van der Waals surface area contributed by atoms with E-state index in [4.69, 9.17) is 16.3 Å². The number of piperazine rings is 1. The van der Waals surface area contributed by atoms with Crippen molar-refractivity contribution in [2.75, 3.05) is 18.1 Å². The molecule has 7 nitrogen and oxygen atoms in total. The second kappa shape index (κ2) is 7.49. The Balaban J connectivity index is 1.23. The van der Waals surface area contributed by atoms with Crippen LogP contribution >= 0.6 is 11.6 Å². The van der Waals surface area contributed by atoms with Crippen molar-refractivity contribution in [1.82, 2.24) is 9.80 Å². The lowest BCUT2D eigenvalue weighted by atomic mass is 10.1. The molecule has 33 heavy (non-hydrogen) atoms. The van der Waals surface area contributed by atoms with E-state index in [9.17, 15) is 14.4 Å². The minimum atomic E-state index is -0.658. The molecule has 6 rings (SSSR count). The highest BCUT2D eigenvalue weighted by atomic mass is 35.5. The Hall–Kier alpha value is -3.58. The fourth-order valence-electron chi connectivity index (χ4n) is 5.33. The molecule has 3 aliphatic heterocycles. The lowest BCUT2D eigenvalue weighted by Crippen LogP contribution is -2.55. The molecule has 3 heterocycles. The largest absolute Gasteiger partial charge is 0.484 e. The van der Waals surface area contributed by atoms with Crippen molar-refractivity contribution in [3.63, 3.8) is 0 Å². The average molecular weight is 462 g/mol. The smallest absolute Gasteiger partial charge is 0.332 e. The third-order valence-electron chi connectivity index (χ3n) is 6.77. The summed E-state index contributed by atoms with van der Waals surface area (Å²) in [7, 11) is 0. The average Bonchev–Trinajstić information content (AvgIpc) is 3.49. The predicted molar refractivity (Wildman–Crippen MR) is 123 cm³/mol. The number of amides is 4. The van der Waals surface area contributed by atoms with Gasteiger partial charge in [-0.15, -0.1) is 0 Å². The molecule has 1 unspecified atom stereocenters. The SMILES string of the molecule is O=C1[C@@H]2C3C[C@H](CN3C(=O)COc3ccc(Cl)cc3)N2C(=O)N1c1cccc2ccccc12. The van der Waals surface area contributed by atoms with Crippen LogP contribution in [0.4, 0.5) is 10.5 Å². The molecule has 0 aromatic heterocycles. The number of benzene rings is 3. The molecule has 8 heteroatoms. The van der Waals surface area contributed by atoms with E-state index in [1.165, 1.54) is 4.90 Å². The molecular weight excluding hydrogens is 442 g/mol. The number of hydrogen-bond acceptors (Lipinski definition) is 4. The predicted octanol–water partition coefficient (Wildman–Crippen LogP) is 3.69. The number of carbonyl (C=O) groups excluding carboxylic acids is 3. The van der Waals surface area contributed by atoms with Crippen molar-refractivity contribution >= 4 is 45.9 Å². The molecule has 0 spiro atoms. The van der Waals surface area contributed by atoms with Crippen LogP contribution in [0.5, 0.6) is 5.75 Å². The number of hydrogen-bond donors (Lipinski definition) is 0. The van der Waals surface area contributed by atoms with Crippen molar-refractivity contribution < 1.29 is 19.1 Å². The number of rotatable bonds is 4. The van der Waals surface area contributed by atoms with Crippen molar-refractivity contribution in [2.24, 2.45) is 0 Å². The summed E-state index contributed by atoms with van der Waals surface area (Å²) in [6.07, 6.45) is 0.609. The van der Waals surface area contributed by atoms with Crippen molar-refractivity contribution in [2.45, 2.75) is 24.5 Å².